The van der Waals surface area contributed by atoms with Crippen LogP contribution in [0.4, 0.5) is 9.18 Å². The molecule has 0 saturated carbocycles. The second-order valence-electron chi connectivity index (χ2n) is 6.56. The van der Waals surface area contributed by atoms with Gasteiger partial charge in [-0.05, 0) is 11.1 Å². The highest BCUT2D eigenvalue weighted by atomic mass is 19.1. The lowest BCUT2D eigenvalue weighted by Gasteiger charge is -2.57. The summed E-state index contributed by atoms with van der Waals surface area (Å²) in [7, 11) is 2.66. The average Bonchev–Trinajstić information content (AvgIpc) is 2.63. The molecule has 0 unspecified atom stereocenters. The molecule has 1 heterocycles. The largest absolute Gasteiger partial charge is 0.326 e. The molecule has 1 aliphatic heterocycles. The van der Waals surface area contributed by atoms with E-state index < -0.39 is 35.5 Å². The van der Waals surface area contributed by atoms with Crippen molar-refractivity contribution in [2.24, 2.45) is 0 Å². The third-order valence-electron chi connectivity index (χ3n) is 5.58. The molecule has 4 atom stereocenters. The zero-order valence-electron chi connectivity index (χ0n) is 13.5. The topological polar surface area (TPSA) is 88.2 Å². The Kier molecular flexibility index (Phi) is 2.87. The van der Waals surface area contributed by atoms with E-state index in [0.717, 1.165) is 4.90 Å². The van der Waals surface area contributed by atoms with Crippen LogP contribution in [-0.4, -0.2) is 47.5 Å². The summed E-state index contributed by atoms with van der Waals surface area (Å²) in [5.74, 6) is -2.99. The van der Waals surface area contributed by atoms with E-state index in [9.17, 15) is 20.1 Å². The van der Waals surface area contributed by atoms with Crippen molar-refractivity contribution >= 4 is 11.9 Å². The number of benzene rings is 1. The van der Waals surface area contributed by atoms with Crippen molar-refractivity contribution in [1.29, 1.82) is 10.5 Å². The standard InChI is InChI=1S/C18H13FN4O2/c1-22-15-13-9-5-3-4-6-10(9)14(12(8-21)11(13)7-20)18(15,19)16(24)23(2)17(22)25/h3-6,13-15H,1-2H3/t13-,14+,15-,18-/m1/s1. The molecule has 4 aliphatic rings. The molecule has 2 bridgehead atoms. The van der Waals surface area contributed by atoms with E-state index in [1.54, 1.807) is 24.3 Å². The molecule has 0 radical (unpaired) electrons. The molecule has 6 nitrogen and oxygen atoms in total. The van der Waals surface area contributed by atoms with Crippen molar-refractivity contribution in [1.82, 2.24) is 9.80 Å². The van der Waals surface area contributed by atoms with Crippen molar-refractivity contribution in [3.05, 3.63) is 46.5 Å². The smallest absolute Gasteiger partial charge is 0.320 e. The van der Waals surface area contributed by atoms with E-state index in [2.05, 4.69) is 0 Å². The molecule has 7 heteroatoms. The molecule has 3 amide bonds. The number of imide groups is 1. The summed E-state index contributed by atoms with van der Waals surface area (Å²) in [6.45, 7) is 0. The van der Waals surface area contributed by atoms with Crippen molar-refractivity contribution in [2.45, 2.75) is 23.5 Å². The first-order chi connectivity index (χ1) is 11.9. The minimum atomic E-state index is -2.47. The number of hydrogen-bond acceptors (Lipinski definition) is 4. The van der Waals surface area contributed by atoms with Gasteiger partial charge in [-0.2, -0.15) is 10.5 Å². The van der Waals surface area contributed by atoms with Crippen LogP contribution >= 0.6 is 0 Å². The van der Waals surface area contributed by atoms with Gasteiger partial charge in [0.15, 0.2) is 0 Å². The fourth-order valence-corrected chi connectivity index (χ4v) is 4.58. The second kappa shape index (κ2) is 4.67. The Labute approximate surface area is 143 Å². The first-order valence-corrected chi connectivity index (χ1v) is 7.76. The Morgan fingerprint density at radius 3 is 2.28 bits per heavy atom. The zero-order chi connectivity index (χ0) is 18.1. The molecule has 0 spiro atoms. The van der Waals surface area contributed by atoms with Crippen LogP contribution in [0.2, 0.25) is 0 Å². The number of nitriles is 2. The van der Waals surface area contributed by atoms with Crippen molar-refractivity contribution < 1.29 is 14.0 Å². The summed E-state index contributed by atoms with van der Waals surface area (Å²) >= 11 is 0. The number of amides is 3. The summed E-state index contributed by atoms with van der Waals surface area (Å²) in [6.07, 6.45) is 0. The number of allylic oxidation sites excluding steroid dienone is 1. The van der Waals surface area contributed by atoms with Gasteiger partial charge in [0.2, 0.25) is 5.67 Å². The van der Waals surface area contributed by atoms with Gasteiger partial charge in [-0.15, -0.1) is 0 Å². The lowest BCUT2D eigenvalue weighted by molar-refractivity contribution is -0.153. The Hall–Kier alpha value is -3.19. The quantitative estimate of drug-likeness (QED) is 0.723. The van der Waals surface area contributed by atoms with Gasteiger partial charge >= 0.3 is 6.03 Å². The van der Waals surface area contributed by atoms with Crippen molar-refractivity contribution in [3.63, 3.8) is 0 Å². The summed E-state index contributed by atoms with van der Waals surface area (Å²) < 4.78 is 16.3. The summed E-state index contributed by atoms with van der Waals surface area (Å²) in [5.41, 5.74) is -1.12. The van der Waals surface area contributed by atoms with Gasteiger partial charge in [-0.1, -0.05) is 24.3 Å². The highest BCUT2D eigenvalue weighted by Gasteiger charge is 2.70. The van der Waals surface area contributed by atoms with Crippen LogP contribution in [-0.2, 0) is 4.79 Å². The number of urea groups is 1. The normalized spacial score (nSPS) is 32.9. The number of carbonyl (C=O) groups is 2. The maximum atomic E-state index is 16.3. The average molecular weight is 336 g/mol. The highest BCUT2D eigenvalue weighted by Crippen LogP contribution is 2.61. The third kappa shape index (κ3) is 1.51. The van der Waals surface area contributed by atoms with Gasteiger partial charge in [0, 0.05) is 20.0 Å². The van der Waals surface area contributed by atoms with Gasteiger partial charge in [0.1, 0.15) is 0 Å². The van der Waals surface area contributed by atoms with E-state index >= 15 is 4.39 Å². The molecule has 25 heavy (non-hydrogen) atoms. The van der Waals surface area contributed by atoms with Gasteiger partial charge in [-0.25, -0.2) is 9.18 Å². The monoisotopic (exact) mass is 336 g/mol. The minimum Gasteiger partial charge on any atom is -0.320 e. The molecule has 124 valence electrons. The van der Waals surface area contributed by atoms with Crippen LogP contribution in [0.1, 0.15) is 23.0 Å². The summed E-state index contributed by atoms with van der Waals surface area (Å²) in [4.78, 5) is 27.1. The molecule has 1 aromatic rings. The van der Waals surface area contributed by atoms with Crippen molar-refractivity contribution in [3.8, 4) is 12.1 Å². The molecule has 1 saturated heterocycles. The Bertz CT molecular complexity index is 957. The predicted octanol–water partition coefficient (Wildman–Crippen LogP) is 1.83. The van der Waals surface area contributed by atoms with E-state index in [-0.39, 0.29) is 11.1 Å². The van der Waals surface area contributed by atoms with Crippen LogP contribution in [0, 0.1) is 22.7 Å². The fraction of sp³-hybridized carbons (Fsp3) is 0.333. The van der Waals surface area contributed by atoms with Gasteiger partial charge in [0.25, 0.3) is 5.91 Å². The number of carbonyl (C=O) groups excluding carboxylic acids is 2. The summed E-state index contributed by atoms with van der Waals surface area (Å²) in [6, 6.07) is 9.11. The lowest BCUT2D eigenvalue weighted by atomic mass is 9.54. The fourth-order valence-electron chi connectivity index (χ4n) is 4.58. The number of halogens is 1. The highest BCUT2D eigenvalue weighted by molar-refractivity contribution is 6.04. The first kappa shape index (κ1) is 15.3. The van der Waals surface area contributed by atoms with Crippen LogP contribution in [0.3, 0.4) is 0 Å². The molecule has 5 rings (SSSR count). The number of hydrogen-bond donors (Lipinski definition) is 0. The molecule has 1 aromatic carbocycles. The van der Waals surface area contributed by atoms with E-state index in [4.69, 9.17) is 0 Å². The SMILES string of the molecule is CN1C(=O)N(C)[C@@H]2[C@H]3C(C#N)=C(C#N)[C@H](c4ccccc43)[C@]2(F)C1=O. The van der Waals surface area contributed by atoms with Crippen LogP contribution < -0.4 is 0 Å². The number of alkyl halides is 1. The third-order valence-corrected chi connectivity index (χ3v) is 5.58. The number of likely N-dealkylation sites (N-methyl/N-ethyl adjacent to an activating group) is 1. The molecule has 1 fully saturated rings. The predicted molar refractivity (Wildman–Crippen MR) is 83.7 cm³/mol. The molecule has 0 N–H and O–H groups in total. The minimum absolute atomic E-state index is 0.0190. The maximum Gasteiger partial charge on any atom is 0.326 e. The van der Waals surface area contributed by atoms with Gasteiger partial charge < -0.3 is 4.90 Å². The second-order valence-corrected chi connectivity index (χ2v) is 6.56. The Morgan fingerprint density at radius 1 is 1.08 bits per heavy atom. The van der Waals surface area contributed by atoms with E-state index in [1.165, 1.54) is 19.0 Å². The molecular formula is C18H13FN4O2. The molecular weight excluding hydrogens is 323 g/mol. The van der Waals surface area contributed by atoms with E-state index in [0.29, 0.717) is 11.1 Å². The van der Waals surface area contributed by atoms with Crippen molar-refractivity contribution in [2.75, 3.05) is 14.1 Å². The van der Waals surface area contributed by atoms with Crippen LogP contribution in [0.15, 0.2) is 35.4 Å². The van der Waals surface area contributed by atoms with E-state index in [1.807, 2.05) is 12.1 Å². The van der Waals surface area contributed by atoms with Crippen LogP contribution in [0.5, 0.6) is 0 Å². The maximum absolute atomic E-state index is 16.3. The Balaban J connectivity index is 2.11. The molecule has 0 aromatic heterocycles. The van der Waals surface area contributed by atoms with Crippen LogP contribution in [0.25, 0.3) is 0 Å². The summed E-state index contributed by atoms with van der Waals surface area (Å²) in [5, 5.41) is 19.2. The number of nitrogens with zero attached hydrogens (tertiary/aromatic N) is 4. The lowest BCUT2D eigenvalue weighted by Crippen LogP contribution is -2.73. The Morgan fingerprint density at radius 2 is 1.68 bits per heavy atom. The van der Waals surface area contributed by atoms with Gasteiger partial charge in [0.05, 0.1) is 35.2 Å². The first-order valence-electron chi connectivity index (χ1n) is 7.76. The number of rotatable bonds is 0. The zero-order valence-corrected chi connectivity index (χ0v) is 13.5. The molecule has 3 aliphatic carbocycles. The van der Waals surface area contributed by atoms with Gasteiger partial charge in [-0.3, -0.25) is 9.69 Å².